The first-order valence-electron chi connectivity index (χ1n) is 8.73. The lowest BCUT2D eigenvalue weighted by Crippen LogP contribution is -2.19. The van der Waals surface area contributed by atoms with Gasteiger partial charge in [-0.1, -0.05) is 12.1 Å². The number of amides is 2. The van der Waals surface area contributed by atoms with E-state index in [9.17, 15) is 14.4 Å². The van der Waals surface area contributed by atoms with Crippen molar-refractivity contribution in [3.05, 3.63) is 54.1 Å². The average Bonchev–Trinajstić information content (AvgIpc) is 2.66. The summed E-state index contributed by atoms with van der Waals surface area (Å²) in [6, 6.07) is 13.1. The van der Waals surface area contributed by atoms with Crippen LogP contribution < -0.4 is 15.4 Å². The van der Waals surface area contributed by atoms with Gasteiger partial charge in [0.25, 0.3) is 0 Å². The van der Waals surface area contributed by atoms with Crippen LogP contribution >= 0.6 is 0 Å². The van der Waals surface area contributed by atoms with E-state index in [1.807, 2.05) is 0 Å². The van der Waals surface area contributed by atoms with Crippen LogP contribution in [0.2, 0.25) is 0 Å². The van der Waals surface area contributed by atoms with E-state index in [1.165, 1.54) is 0 Å². The Hall–Kier alpha value is -3.55. The van der Waals surface area contributed by atoms with Crippen LogP contribution in [-0.2, 0) is 20.7 Å². The quantitative estimate of drug-likeness (QED) is 0.570. The molecular formula is C20H22N2O6. The topological polar surface area (TPSA) is 114 Å². The van der Waals surface area contributed by atoms with E-state index in [4.69, 9.17) is 14.6 Å². The Morgan fingerprint density at radius 1 is 1.00 bits per heavy atom. The molecule has 2 amide bonds. The number of anilines is 2. The summed E-state index contributed by atoms with van der Waals surface area (Å²) in [5.74, 6) is -0.842. The van der Waals surface area contributed by atoms with Crippen molar-refractivity contribution in [3.8, 4) is 5.75 Å². The Bertz CT molecular complexity index is 820. The fourth-order valence-electron chi connectivity index (χ4n) is 2.33. The van der Waals surface area contributed by atoms with Crippen molar-refractivity contribution >= 4 is 29.3 Å². The van der Waals surface area contributed by atoms with Crippen molar-refractivity contribution in [2.24, 2.45) is 0 Å². The second-order valence-corrected chi connectivity index (χ2v) is 5.79. The molecule has 2 aromatic carbocycles. The summed E-state index contributed by atoms with van der Waals surface area (Å²) in [5, 5.41) is 14.1. The van der Waals surface area contributed by atoms with E-state index in [-0.39, 0.29) is 13.0 Å². The van der Waals surface area contributed by atoms with Gasteiger partial charge in [0.05, 0.1) is 6.61 Å². The molecule has 8 heteroatoms. The monoisotopic (exact) mass is 386 g/mol. The minimum atomic E-state index is -0.870. The third kappa shape index (κ3) is 7.36. The van der Waals surface area contributed by atoms with Crippen molar-refractivity contribution in [2.75, 3.05) is 23.8 Å². The molecule has 0 fully saturated rings. The van der Waals surface area contributed by atoms with Gasteiger partial charge in [-0.15, -0.1) is 0 Å². The van der Waals surface area contributed by atoms with Gasteiger partial charge in [-0.05, 0) is 55.3 Å². The van der Waals surface area contributed by atoms with Crippen molar-refractivity contribution in [1.29, 1.82) is 0 Å². The second kappa shape index (κ2) is 10.6. The van der Waals surface area contributed by atoms with E-state index in [0.717, 1.165) is 5.56 Å². The molecule has 0 aromatic heterocycles. The number of ether oxygens (including phenoxy) is 2. The van der Waals surface area contributed by atoms with Crippen molar-refractivity contribution in [3.63, 3.8) is 0 Å². The standard InChI is InChI=1S/C20H22N2O6/c1-2-27-19(25)13-28-17-9-7-15(8-10-17)21-20(26)22-16-5-3-4-14(12-16)6-11-18(23)24/h3-5,7-10,12H,2,6,11,13H2,1H3,(H,23,24)(H2,21,22,26). The number of carboxylic acid groups (broad SMARTS) is 1. The van der Waals surface area contributed by atoms with Crippen LogP contribution in [0.4, 0.5) is 16.2 Å². The lowest BCUT2D eigenvalue weighted by Gasteiger charge is -2.10. The van der Waals surface area contributed by atoms with E-state index in [2.05, 4.69) is 10.6 Å². The van der Waals surface area contributed by atoms with E-state index in [1.54, 1.807) is 55.5 Å². The Labute approximate surface area is 162 Å². The number of benzene rings is 2. The number of esters is 1. The van der Waals surface area contributed by atoms with Crippen LogP contribution in [0.5, 0.6) is 5.75 Å². The number of carbonyl (C=O) groups excluding carboxylic acids is 2. The first-order valence-corrected chi connectivity index (χ1v) is 8.73. The van der Waals surface area contributed by atoms with Crippen molar-refractivity contribution < 1.29 is 29.0 Å². The molecule has 0 aliphatic heterocycles. The summed E-state index contributed by atoms with van der Waals surface area (Å²) < 4.78 is 10.1. The van der Waals surface area contributed by atoms with Gasteiger partial charge in [0.2, 0.25) is 0 Å². The molecule has 2 rings (SSSR count). The molecule has 148 valence electrons. The number of hydrogen-bond acceptors (Lipinski definition) is 5. The number of carbonyl (C=O) groups is 3. The first-order chi connectivity index (χ1) is 13.5. The highest BCUT2D eigenvalue weighted by Crippen LogP contribution is 2.17. The van der Waals surface area contributed by atoms with Gasteiger partial charge >= 0.3 is 18.0 Å². The maximum Gasteiger partial charge on any atom is 0.344 e. The average molecular weight is 386 g/mol. The molecule has 28 heavy (non-hydrogen) atoms. The minimum absolute atomic E-state index is 0.0280. The summed E-state index contributed by atoms with van der Waals surface area (Å²) in [4.78, 5) is 34.0. The molecule has 0 aliphatic carbocycles. The second-order valence-electron chi connectivity index (χ2n) is 5.79. The van der Waals surface area contributed by atoms with Gasteiger partial charge in [0.1, 0.15) is 5.75 Å². The summed E-state index contributed by atoms with van der Waals surface area (Å²) in [5.41, 5.74) is 1.93. The normalized spacial score (nSPS) is 10.0. The van der Waals surface area contributed by atoms with Gasteiger partial charge in [-0.3, -0.25) is 4.79 Å². The molecule has 0 heterocycles. The van der Waals surface area contributed by atoms with Crippen molar-refractivity contribution in [1.82, 2.24) is 0 Å². The molecule has 8 nitrogen and oxygen atoms in total. The molecule has 0 saturated heterocycles. The van der Waals surface area contributed by atoms with E-state index < -0.39 is 18.0 Å². The maximum absolute atomic E-state index is 12.1. The number of urea groups is 1. The highest BCUT2D eigenvalue weighted by molar-refractivity contribution is 5.99. The summed E-state index contributed by atoms with van der Waals surface area (Å²) in [6.07, 6.45) is 0.417. The van der Waals surface area contributed by atoms with Crippen LogP contribution in [0, 0.1) is 0 Å². The lowest BCUT2D eigenvalue weighted by molar-refractivity contribution is -0.145. The largest absolute Gasteiger partial charge is 0.482 e. The number of carboxylic acids is 1. The van der Waals surface area contributed by atoms with Gasteiger partial charge in [0, 0.05) is 17.8 Å². The van der Waals surface area contributed by atoms with Crippen LogP contribution in [-0.4, -0.2) is 36.3 Å². The highest BCUT2D eigenvalue weighted by Gasteiger charge is 2.06. The Morgan fingerprint density at radius 3 is 2.39 bits per heavy atom. The molecule has 0 saturated carbocycles. The highest BCUT2D eigenvalue weighted by atomic mass is 16.6. The molecule has 0 unspecified atom stereocenters. The van der Waals surface area contributed by atoms with Crippen LogP contribution in [0.1, 0.15) is 18.9 Å². The van der Waals surface area contributed by atoms with Gasteiger partial charge < -0.3 is 25.2 Å². The predicted octanol–water partition coefficient (Wildman–Crippen LogP) is 3.29. The number of rotatable bonds is 9. The van der Waals surface area contributed by atoms with Crippen LogP contribution in [0.15, 0.2) is 48.5 Å². The SMILES string of the molecule is CCOC(=O)COc1ccc(NC(=O)Nc2cccc(CCC(=O)O)c2)cc1. The van der Waals surface area contributed by atoms with Crippen LogP contribution in [0.25, 0.3) is 0 Å². The van der Waals surface area contributed by atoms with Crippen molar-refractivity contribution in [2.45, 2.75) is 19.8 Å². The summed E-state index contributed by atoms with van der Waals surface area (Å²) in [7, 11) is 0. The minimum Gasteiger partial charge on any atom is -0.482 e. The fourth-order valence-corrected chi connectivity index (χ4v) is 2.33. The molecule has 0 atom stereocenters. The molecule has 3 N–H and O–H groups in total. The predicted molar refractivity (Wildman–Crippen MR) is 104 cm³/mol. The number of aliphatic carboxylic acids is 1. The molecule has 0 radical (unpaired) electrons. The van der Waals surface area contributed by atoms with Gasteiger partial charge in [0.15, 0.2) is 6.61 Å². The molecule has 0 spiro atoms. The summed E-state index contributed by atoms with van der Waals surface area (Å²) >= 11 is 0. The summed E-state index contributed by atoms with van der Waals surface area (Å²) in [6.45, 7) is 1.83. The lowest BCUT2D eigenvalue weighted by atomic mass is 10.1. The zero-order valence-electron chi connectivity index (χ0n) is 15.4. The Morgan fingerprint density at radius 2 is 1.71 bits per heavy atom. The smallest absolute Gasteiger partial charge is 0.344 e. The van der Waals surface area contributed by atoms with E-state index >= 15 is 0 Å². The first kappa shape index (κ1) is 20.8. The van der Waals surface area contributed by atoms with Crippen LogP contribution in [0.3, 0.4) is 0 Å². The zero-order chi connectivity index (χ0) is 20.4. The number of aryl methyl sites for hydroxylation is 1. The Balaban J connectivity index is 1.85. The zero-order valence-corrected chi connectivity index (χ0v) is 15.4. The molecule has 0 bridgehead atoms. The van der Waals surface area contributed by atoms with Gasteiger partial charge in [-0.25, -0.2) is 9.59 Å². The van der Waals surface area contributed by atoms with Gasteiger partial charge in [-0.2, -0.15) is 0 Å². The Kier molecular flexibility index (Phi) is 7.83. The number of hydrogen-bond donors (Lipinski definition) is 3. The molecular weight excluding hydrogens is 364 g/mol. The third-order valence-electron chi connectivity index (χ3n) is 3.59. The third-order valence-corrected chi connectivity index (χ3v) is 3.59. The van der Waals surface area contributed by atoms with E-state index in [0.29, 0.717) is 30.2 Å². The molecule has 0 aliphatic rings. The molecule has 2 aromatic rings. The fraction of sp³-hybridized carbons (Fsp3) is 0.250. The number of nitrogens with one attached hydrogen (secondary N) is 2. The maximum atomic E-state index is 12.1.